The van der Waals surface area contributed by atoms with Gasteiger partial charge < -0.3 is 19.5 Å². The topological polar surface area (TPSA) is 82.6 Å². The summed E-state index contributed by atoms with van der Waals surface area (Å²) in [5, 5.41) is 10.7. The van der Waals surface area contributed by atoms with E-state index >= 15 is 0 Å². The molecule has 0 atom stereocenters. The van der Waals surface area contributed by atoms with Gasteiger partial charge in [0.05, 0.1) is 19.3 Å². The van der Waals surface area contributed by atoms with Crippen LogP contribution < -0.4 is 19.5 Å². The fourth-order valence-corrected chi connectivity index (χ4v) is 2.41. The van der Waals surface area contributed by atoms with E-state index in [4.69, 9.17) is 14.2 Å². The first-order chi connectivity index (χ1) is 14.1. The van der Waals surface area contributed by atoms with Crippen LogP contribution in [0.15, 0.2) is 60.7 Å². The van der Waals surface area contributed by atoms with Crippen LogP contribution in [-0.2, 0) is 4.79 Å². The highest BCUT2D eigenvalue weighted by molar-refractivity contribution is 5.77. The summed E-state index contributed by atoms with van der Waals surface area (Å²) < 4.78 is 28.9. The van der Waals surface area contributed by atoms with Crippen LogP contribution in [0.1, 0.15) is 0 Å². The molecule has 8 heteroatoms. The zero-order valence-corrected chi connectivity index (χ0v) is 15.8. The number of methoxy groups -OCH3 is 1. The van der Waals surface area contributed by atoms with Crippen molar-refractivity contribution in [2.24, 2.45) is 0 Å². The third kappa shape index (κ3) is 6.17. The van der Waals surface area contributed by atoms with Crippen LogP contribution in [-0.4, -0.2) is 43.0 Å². The number of amides is 1. The minimum absolute atomic E-state index is 0.112. The molecule has 0 saturated carbocycles. The first-order valence-corrected chi connectivity index (χ1v) is 8.90. The second-order valence-electron chi connectivity index (χ2n) is 5.93. The standard InChI is InChI=1S/C21H20FN3O4/c1-27-17-3-2-4-18(13-17)29-14-20(26)23-11-12-28-21-10-9-19(24-25-21)15-5-7-16(22)8-6-15/h2-10,13H,11-12,14H2,1H3,(H,23,26). The zero-order valence-electron chi connectivity index (χ0n) is 15.8. The minimum atomic E-state index is -0.308. The molecule has 1 N–H and O–H groups in total. The maximum atomic E-state index is 13.0. The van der Waals surface area contributed by atoms with E-state index < -0.39 is 0 Å². The molecule has 0 spiro atoms. The van der Waals surface area contributed by atoms with Gasteiger partial charge in [0.15, 0.2) is 6.61 Å². The van der Waals surface area contributed by atoms with Crippen molar-refractivity contribution in [3.63, 3.8) is 0 Å². The molecule has 0 unspecified atom stereocenters. The van der Waals surface area contributed by atoms with Crippen molar-refractivity contribution in [3.05, 3.63) is 66.5 Å². The summed E-state index contributed by atoms with van der Waals surface area (Å²) in [6.07, 6.45) is 0. The Bertz CT molecular complexity index is 933. The Morgan fingerprint density at radius 3 is 2.52 bits per heavy atom. The lowest BCUT2D eigenvalue weighted by Gasteiger charge is -2.09. The Labute approximate surface area is 167 Å². The molecule has 0 bridgehead atoms. The van der Waals surface area contributed by atoms with Gasteiger partial charge in [-0.25, -0.2) is 4.39 Å². The Kier molecular flexibility index (Phi) is 6.94. The molecule has 1 heterocycles. The van der Waals surface area contributed by atoms with Crippen molar-refractivity contribution in [2.45, 2.75) is 0 Å². The van der Waals surface area contributed by atoms with Crippen LogP contribution >= 0.6 is 0 Å². The van der Waals surface area contributed by atoms with E-state index in [2.05, 4.69) is 15.5 Å². The summed E-state index contributed by atoms with van der Waals surface area (Å²) in [6, 6.07) is 16.4. The van der Waals surface area contributed by atoms with Gasteiger partial charge in [-0.2, -0.15) is 0 Å². The van der Waals surface area contributed by atoms with E-state index in [0.29, 0.717) is 29.6 Å². The third-order valence-electron chi connectivity index (χ3n) is 3.87. The highest BCUT2D eigenvalue weighted by Gasteiger charge is 2.05. The quantitative estimate of drug-likeness (QED) is 0.559. The monoisotopic (exact) mass is 397 g/mol. The zero-order chi connectivity index (χ0) is 20.5. The maximum absolute atomic E-state index is 13.0. The van der Waals surface area contributed by atoms with Gasteiger partial charge in [-0.05, 0) is 42.5 Å². The number of hydrogen-bond acceptors (Lipinski definition) is 6. The van der Waals surface area contributed by atoms with Crippen LogP contribution in [0.3, 0.4) is 0 Å². The predicted molar refractivity (Wildman–Crippen MR) is 104 cm³/mol. The summed E-state index contributed by atoms with van der Waals surface area (Å²) in [7, 11) is 1.56. The second kappa shape index (κ2) is 10.0. The molecule has 29 heavy (non-hydrogen) atoms. The lowest BCUT2D eigenvalue weighted by atomic mass is 10.1. The number of carbonyl (C=O) groups excluding carboxylic acids is 1. The van der Waals surface area contributed by atoms with Gasteiger partial charge in [0, 0.05) is 17.7 Å². The average Bonchev–Trinajstić information content (AvgIpc) is 2.76. The molecule has 150 valence electrons. The van der Waals surface area contributed by atoms with Crippen molar-refractivity contribution >= 4 is 5.91 Å². The van der Waals surface area contributed by atoms with Crippen LogP contribution in [0.4, 0.5) is 4.39 Å². The molecule has 3 aromatic rings. The molecule has 0 aliphatic heterocycles. The molecule has 0 saturated heterocycles. The molecule has 1 aromatic heterocycles. The highest BCUT2D eigenvalue weighted by Crippen LogP contribution is 2.19. The summed E-state index contributed by atoms with van der Waals surface area (Å²) in [5.41, 5.74) is 1.37. The smallest absolute Gasteiger partial charge is 0.258 e. The van der Waals surface area contributed by atoms with Crippen molar-refractivity contribution in [1.82, 2.24) is 15.5 Å². The predicted octanol–water partition coefficient (Wildman–Crippen LogP) is 2.87. The minimum Gasteiger partial charge on any atom is -0.497 e. The van der Waals surface area contributed by atoms with Crippen LogP contribution in [0, 0.1) is 5.82 Å². The van der Waals surface area contributed by atoms with Crippen molar-refractivity contribution in [1.29, 1.82) is 0 Å². The molecule has 0 aliphatic rings. The van der Waals surface area contributed by atoms with Gasteiger partial charge >= 0.3 is 0 Å². The van der Waals surface area contributed by atoms with Gasteiger partial charge in [0.1, 0.15) is 23.9 Å². The molecule has 0 radical (unpaired) electrons. The molecule has 2 aromatic carbocycles. The Hall–Kier alpha value is -3.68. The van der Waals surface area contributed by atoms with Crippen LogP contribution in [0.25, 0.3) is 11.3 Å². The Balaban J connectivity index is 1.37. The number of nitrogens with one attached hydrogen (secondary N) is 1. The normalized spacial score (nSPS) is 10.3. The summed E-state index contributed by atoms with van der Waals surface area (Å²) in [6.45, 7) is 0.413. The average molecular weight is 397 g/mol. The molecule has 0 aliphatic carbocycles. The fourth-order valence-electron chi connectivity index (χ4n) is 2.41. The maximum Gasteiger partial charge on any atom is 0.258 e. The first kappa shape index (κ1) is 20.1. The highest BCUT2D eigenvalue weighted by atomic mass is 19.1. The fraction of sp³-hybridized carbons (Fsp3) is 0.190. The molecule has 1 amide bonds. The Morgan fingerprint density at radius 1 is 1.00 bits per heavy atom. The van der Waals surface area contributed by atoms with Gasteiger partial charge in [-0.3, -0.25) is 4.79 Å². The van der Waals surface area contributed by atoms with Gasteiger partial charge in [-0.15, -0.1) is 10.2 Å². The largest absolute Gasteiger partial charge is 0.497 e. The number of benzene rings is 2. The van der Waals surface area contributed by atoms with E-state index in [1.54, 1.807) is 55.6 Å². The number of rotatable bonds is 9. The van der Waals surface area contributed by atoms with E-state index in [9.17, 15) is 9.18 Å². The number of ether oxygens (including phenoxy) is 3. The SMILES string of the molecule is COc1cccc(OCC(=O)NCCOc2ccc(-c3ccc(F)cc3)nn2)c1. The molecular weight excluding hydrogens is 377 g/mol. The second-order valence-corrected chi connectivity index (χ2v) is 5.93. The summed E-state index contributed by atoms with van der Waals surface area (Å²) in [5.74, 6) is 0.958. The van der Waals surface area contributed by atoms with Gasteiger partial charge in [0.25, 0.3) is 5.91 Å². The lowest BCUT2D eigenvalue weighted by Crippen LogP contribution is -2.32. The van der Waals surface area contributed by atoms with E-state index in [1.807, 2.05) is 0 Å². The van der Waals surface area contributed by atoms with Crippen molar-refractivity contribution in [3.8, 4) is 28.6 Å². The number of halogens is 1. The molecule has 3 rings (SSSR count). The third-order valence-corrected chi connectivity index (χ3v) is 3.87. The summed E-state index contributed by atoms with van der Waals surface area (Å²) in [4.78, 5) is 11.8. The lowest BCUT2D eigenvalue weighted by molar-refractivity contribution is -0.123. The van der Waals surface area contributed by atoms with E-state index in [0.717, 1.165) is 5.56 Å². The van der Waals surface area contributed by atoms with Gasteiger partial charge in [0.2, 0.25) is 5.88 Å². The van der Waals surface area contributed by atoms with Crippen LogP contribution in [0.2, 0.25) is 0 Å². The number of aromatic nitrogens is 2. The van der Waals surface area contributed by atoms with E-state index in [1.165, 1.54) is 12.1 Å². The van der Waals surface area contributed by atoms with E-state index in [-0.39, 0.29) is 24.9 Å². The van der Waals surface area contributed by atoms with Crippen LogP contribution in [0.5, 0.6) is 17.4 Å². The van der Waals surface area contributed by atoms with Gasteiger partial charge in [-0.1, -0.05) is 6.07 Å². The molecular formula is C21H20FN3O4. The Morgan fingerprint density at radius 2 is 1.79 bits per heavy atom. The molecule has 0 fully saturated rings. The number of nitrogens with zero attached hydrogens (tertiary/aromatic N) is 2. The first-order valence-electron chi connectivity index (χ1n) is 8.90. The number of hydrogen-bond donors (Lipinski definition) is 1. The molecule has 7 nitrogen and oxygen atoms in total. The summed E-state index contributed by atoms with van der Waals surface area (Å²) >= 11 is 0. The van der Waals surface area contributed by atoms with Crippen molar-refractivity contribution < 1.29 is 23.4 Å². The van der Waals surface area contributed by atoms with Crippen molar-refractivity contribution in [2.75, 3.05) is 26.9 Å². The number of carbonyl (C=O) groups is 1.